The molecule has 0 aromatic rings. The van der Waals surface area contributed by atoms with E-state index in [9.17, 15) is 5.11 Å². The smallest absolute Gasteiger partial charge is 0.193 e. The monoisotopic (exact) mass is 530 g/mol. The van der Waals surface area contributed by atoms with Crippen molar-refractivity contribution in [3.05, 3.63) is 12.2 Å². The third-order valence-electron chi connectivity index (χ3n) is 9.42. The quantitative estimate of drug-likeness (QED) is 0.216. The predicted octanol–water partition coefficient (Wildman–Crippen LogP) is 8.26. The van der Waals surface area contributed by atoms with Gasteiger partial charge in [0.15, 0.2) is 25.0 Å². The van der Waals surface area contributed by atoms with Gasteiger partial charge >= 0.3 is 0 Å². The molecule has 1 saturated carbocycles. The highest BCUT2D eigenvalue weighted by atomic mass is 28.4. The molecule has 1 fully saturated rings. The van der Waals surface area contributed by atoms with Crippen molar-refractivity contribution < 1.29 is 18.4 Å². The molecule has 202 valence electrons. The Hall–Kier alpha value is 0.231. The molecule has 0 aromatic carbocycles. The van der Waals surface area contributed by atoms with Gasteiger partial charge in [-0.15, -0.1) is 0 Å². The van der Waals surface area contributed by atoms with E-state index in [1.54, 1.807) is 0 Å². The number of aliphatic hydroxyl groups is 1. The van der Waals surface area contributed by atoms with E-state index in [1.165, 1.54) is 0 Å². The summed E-state index contributed by atoms with van der Waals surface area (Å²) < 4.78 is 20.8. The highest BCUT2D eigenvalue weighted by Gasteiger charge is 2.51. The zero-order chi connectivity index (χ0) is 26.8. The van der Waals surface area contributed by atoms with Crippen molar-refractivity contribution in [3.8, 4) is 0 Å². The fourth-order valence-electron chi connectivity index (χ4n) is 4.45. The van der Waals surface area contributed by atoms with Crippen LogP contribution in [0.15, 0.2) is 12.2 Å². The van der Waals surface area contributed by atoms with E-state index in [-0.39, 0.29) is 16.2 Å². The molecule has 3 atom stereocenters. The minimum absolute atomic E-state index is 0.0217. The first kappa shape index (κ1) is 32.3. The summed E-state index contributed by atoms with van der Waals surface area (Å²) in [6, 6.07) is 3.21. The average Bonchev–Trinajstić information content (AvgIpc) is 2.68. The van der Waals surface area contributed by atoms with Gasteiger partial charge in [0.05, 0.1) is 17.8 Å². The lowest BCUT2D eigenvalue weighted by atomic mass is 9.76. The van der Waals surface area contributed by atoms with Gasteiger partial charge in [0.25, 0.3) is 0 Å². The molecule has 0 heterocycles. The molecule has 0 bridgehead atoms. The van der Waals surface area contributed by atoms with Crippen molar-refractivity contribution in [3.63, 3.8) is 0 Å². The molecule has 1 aliphatic rings. The van der Waals surface area contributed by atoms with Crippen molar-refractivity contribution in [2.45, 2.75) is 154 Å². The van der Waals surface area contributed by atoms with Crippen LogP contribution in [0, 0.1) is 0 Å². The van der Waals surface area contributed by atoms with Crippen LogP contribution in [0.5, 0.6) is 0 Å². The molecule has 0 saturated heterocycles. The maximum Gasteiger partial charge on any atom is 0.193 e. The maximum absolute atomic E-state index is 11.2. The SMILES string of the molecule is C=C1[C@@H](O)CC(O[Si](C)(C)C(C)(C)C)C[C@@]1(CCO[Si](C)(C)C(C)(C)C)O[Si](CC)(CC)CC. The summed E-state index contributed by atoms with van der Waals surface area (Å²) in [6.07, 6.45) is 1.49. The number of hydrogen-bond acceptors (Lipinski definition) is 4. The van der Waals surface area contributed by atoms with Crippen LogP contribution in [-0.2, 0) is 13.3 Å². The lowest BCUT2D eigenvalue weighted by Gasteiger charge is -2.51. The van der Waals surface area contributed by atoms with Gasteiger partial charge in [0.1, 0.15) is 0 Å². The number of rotatable bonds is 11. The fraction of sp³-hybridized carbons (Fsp3) is 0.926. The summed E-state index contributed by atoms with van der Waals surface area (Å²) in [7, 11) is -5.84. The molecule has 34 heavy (non-hydrogen) atoms. The molecule has 0 aromatic heterocycles. The van der Waals surface area contributed by atoms with Gasteiger partial charge in [-0.3, -0.25) is 0 Å². The van der Waals surface area contributed by atoms with E-state index in [1.807, 2.05) is 0 Å². The molecule has 0 radical (unpaired) electrons. The summed E-state index contributed by atoms with van der Waals surface area (Å²) >= 11 is 0. The zero-order valence-electron chi connectivity index (χ0n) is 25.0. The first-order valence-electron chi connectivity index (χ1n) is 13.6. The molecular weight excluding hydrogens is 473 g/mol. The highest BCUT2D eigenvalue weighted by molar-refractivity contribution is 6.74. The molecule has 1 aliphatic carbocycles. The molecule has 7 heteroatoms. The molecular formula is C27H58O4Si3. The van der Waals surface area contributed by atoms with Crippen LogP contribution >= 0.6 is 0 Å². The van der Waals surface area contributed by atoms with Crippen molar-refractivity contribution in [2.24, 2.45) is 0 Å². The molecule has 0 amide bonds. The third kappa shape index (κ3) is 7.39. The number of hydrogen-bond donors (Lipinski definition) is 1. The summed E-state index contributed by atoms with van der Waals surface area (Å²) in [4.78, 5) is 0. The van der Waals surface area contributed by atoms with Crippen molar-refractivity contribution in [2.75, 3.05) is 6.61 Å². The lowest BCUT2D eigenvalue weighted by molar-refractivity contribution is -0.0394. The highest BCUT2D eigenvalue weighted by Crippen LogP contribution is 2.47. The topological polar surface area (TPSA) is 47.9 Å². The van der Waals surface area contributed by atoms with Gasteiger partial charge in [-0.2, -0.15) is 0 Å². The zero-order valence-corrected chi connectivity index (χ0v) is 28.0. The fourth-order valence-corrected chi connectivity index (χ4v) is 9.94. The van der Waals surface area contributed by atoms with Gasteiger partial charge in [-0.05, 0) is 60.0 Å². The lowest BCUT2D eigenvalue weighted by Crippen LogP contribution is -2.57. The van der Waals surface area contributed by atoms with E-state index in [0.29, 0.717) is 13.0 Å². The Morgan fingerprint density at radius 2 is 1.38 bits per heavy atom. The van der Waals surface area contributed by atoms with E-state index in [2.05, 4.69) is 95.1 Å². The first-order valence-corrected chi connectivity index (χ1v) is 22.0. The van der Waals surface area contributed by atoms with Crippen LogP contribution < -0.4 is 0 Å². The Morgan fingerprint density at radius 1 is 0.912 bits per heavy atom. The molecule has 1 N–H and O–H groups in total. The van der Waals surface area contributed by atoms with Gasteiger partial charge in [0, 0.05) is 25.9 Å². The van der Waals surface area contributed by atoms with Gasteiger partial charge in [-0.25, -0.2) is 0 Å². The van der Waals surface area contributed by atoms with Gasteiger partial charge in [0.2, 0.25) is 0 Å². The van der Waals surface area contributed by atoms with Crippen LogP contribution in [0.2, 0.25) is 54.4 Å². The standard InChI is InChI=1S/C27H58O4Si3/c1-15-34(16-2,17-3)31-27(18-19-29-32(11,12)25(5,6)7)21-23(20-24(28)22(27)4)30-33(13,14)26(8,9)10/h23-24,28H,4,15-21H2,1-3,5-14H3/t23?,24-,27+/m0/s1. The van der Waals surface area contributed by atoms with Crippen LogP contribution in [0.3, 0.4) is 0 Å². The molecule has 0 aliphatic heterocycles. The minimum atomic E-state index is -1.99. The van der Waals surface area contributed by atoms with Crippen molar-refractivity contribution >= 4 is 25.0 Å². The van der Waals surface area contributed by atoms with E-state index in [0.717, 1.165) is 36.5 Å². The Kier molecular flexibility index (Phi) is 10.7. The normalized spacial score (nSPS) is 25.6. The van der Waals surface area contributed by atoms with Gasteiger partial charge in [-0.1, -0.05) is 68.9 Å². The van der Waals surface area contributed by atoms with Gasteiger partial charge < -0.3 is 18.4 Å². The van der Waals surface area contributed by atoms with Crippen LogP contribution in [0.25, 0.3) is 0 Å². The summed E-state index contributed by atoms with van der Waals surface area (Å²) in [5, 5.41) is 11.5. The second-order valence-corrected chi connectivity index (χ2v) is 27.9. The van der Waals surface area contributed by atoms with Crippen molar-refractivity contribution in [1.29, 1.82) is 0 Å². The minimum Gasteiger partial charge on any atom is -0.417 e. The summed E-state index contributed by atoms with van der Waals surface area (Å²) in [6.45, 7) is 34.7. The molecule has 1 unspecified atom stereocenters. The summed E-state index contributed by atoms with van der Waals surface area (Å²) in [5.41, 5.74) is 0.259. The van der Waals surface area contributed by atoms with Crippen LogP contribution in [-0.4, -0.2) is 54.5 Å². The summed E-state index contributed by atoms with van der Waals surface area (Å²) in [5.74, 6) is 0. The number of aliphatic hydroxyl groups excluding tert-OH is 1. The second-order valence-electron chi connectivity index (χ2n) is 13.7. The van der Waals surface area contributed by atoms with E-state index >= 15 is 0 Å². The molecule has 4 nitrogen and oxygen atoms in total. The average molecular weight is 531 g/mol. The molecule has 1 rings (SSSR count). The van der Waals surface area contributed by atoms with Crippen LogP contribution in [0.4, 0.5) is 0 Å². The van der Waals surface area contributed by atoms with Crippen molar-refractivity contribution in [1.82, 2.24) is 0 Å². The third-order valence-corrected chi connectivity index (χ3v) is 23.2. The Bertz CT molecular complexity index is 666. The first-order chi connectivity index (χ1) is 15.2. The maximum atomic E-state index is 11.2. The van der Waals surface area contributed by atoms with E-state index in [4.69, 9.17) is 13.3 Å². The Balaban J connectivity index is 3.35. The Morgan fingerprint density at radius 3 is 1.79 bits per heavy atom. The predicted molar refractivity (Wildman–Crippen MR) is 155 cm³/mol. The largest absolute Gasteiger partial charge is 0.417 e. The van der Waals surface area contributed by atoms with Crippen LogP contribution in [0.1, 0.15) is 81.6 Å². The second kappa shape index (κ2) is 11.3. The molecule has 0 spiro atoms. The van der Waals surface area contributed by atoms with E-state index < -0.39 is 36.7 Å². The Labute approximate surface area is 215 Å².